The Kier molecular flexibility index (Phi) is 6.42. The van der Waals surface area contributed by atoms with Crippen molar-refractivity contribution in [3.05, 3.63) is 58.6 Å². The molecule has 0 saturated carbocycles. The van der Waals surface area contributed by atoms with E-state index in [0.717, 1.165) is 5.56 Å². The maximum absolute atomic E-state index is 12.3. The van der Waals surface area contributed by atoms with Crippen LogP contribution < -0.4 is 10.1 Å². The highest BCUT2D eigenvalue weighted by molar-refractivity contribution is 6.30. The molecule has 2 rings (SSSR count). The number of hydrogen-bond acceptors (Lipinski definition) is 4. The Balaban J connectivity index is 2.11. The van der Waals surface area contributed by atoms with Gasteiger partial charge in [0.15, 0.2) is 6.10 Å². The van der Waals surface area contributed by atoms with Gasteiger partial charge in [0, 0.05) is 22.3 Å². The molecule has 0 fully saturated rings. The molecule has 132 valence electrons. The first-order valence-corrected chi connectivity index (χ1v) is 8.29. The number of anilines is 1. The fraction of sp³-hybridized carbons (Fsp3) is 0.263. The van der Waals surface area contributed by atoms with Crippen molar-refractivity contribution >= 4 is 29.2 Å². The van der Waals surface area contributed by atoms with Crippen LogP contribution in [0.25, 0.3) is 0 Å². The number of carbonyl (C=O) groups is 2. The molecular weight excluding hydrogens is 342 g/mol. The summed E-state index contributed by atoms with van der Waals surface area (Å²) in [5.41, 5.74) is 1.97. The lowest BCUT2D eigenvalue weighted by Gasteiger charge is -2.15. The first-order chi connectivity index (χ1) is 11.9. The molecule has 1 N–H and O–H groups in total. The number of benzene rings is 2. The molecule has 0 aromatic heterocycles. The zero-order chi connectivity index (χ0) is 18.4. The zero-order valence-electron chi connectivity index (χ0n) is 14.3. The van der Waals surface area contributed by atoms with Gasteiger partial charge in [0.1, 0.15) is 5.75 Å². The van der Waals surface area contributed by atoms with Crippen LogP contribution in [0, 0.1) is 6.92 Å². The van der Waals surface area contributed by atoms with Crippen LogP contribution in [0.1, 0.15) is 29.8 Å². The van der Waals surface area contributed by atoms with Crippen LogP contribution in [-0.4, -0.2) is 24.6 Å². The van der Waals surface area contributed by atoms with E-state index in [2.05, 4.69) is 5.32 Å². The van der Waals surface area contributed by atoms with E-state index in [1.807, 2.05) is 13.0 Å². The Labute approximate surface area is 151 Å². The number of halogens is 1. The fourth-order valence-electron chi connectivity index (χ4n) is 2.12. The molecule has 0 aliphatic rings. The summed E-state index contributed by atoms with van der Waals surface area (Å²) in [4.78, 5) is 24.0. The Morgan fingerprint density at radius 3 is 2.48 bits per heavy atom. The van der Waals surface area contributed by atoms with Gasteiger partial charge in [0.25, 0.3) is 5.91 Å². The number of ether oxygens (including phenoxy) is 2. The molecule has 2 aromatic rings. The molecule has 0 aliphatic heterocycles. The minimum Gasteiger partial charge on any atom is -0.479 e. The van der Waals surface area contributed by atoms with Crippen LogP contribution in [0.15, 0.2) is 42.5 Å². The predicted octanol–water partition coefficient (Wildman–Crippen LogP) is 4.23. The third-order valence-electron chi connectivity index (χ3n) is 3.50. The van der Waals surface area contributed by atoms with E-state index in [4.69, 9.17) is 21.1 Å². The smallest absolute Gasteiger partial charge is 0.347 e. The fourth-order valence-corrected chi connectivity index (χ4v) is 2.24. The number of nitrogens with one attached hydrogen (secondary N) is 1. The number of esters is 1. The van der Waals surface area contributed by atoms with Crippen molar-refractivity contribution in [3.8, 4) is 5.75 Å². The van der Waals surface area contributed by atoms with Gasteiger partial charge in [-0.3, -0.25) is 4.79 Å². The third kappa shape index (κ3) is 5.22. The lowest BCUT2D eigenvalue weighted by Crippen LogP contribution is -2.26. The second-order valence-corrected chi connectivity index (χ2v) is 5.89. The molecule has 25 heavy (non-hydrogen) atoms. The van der Waals surface area contributed by atoms with Crippen LogP contribution >= 0.6 is 11.6 Å². The van der Waals surface area contributed by atoms with E-state index >= 15 is 0 Å². The Morgan fingerprint density at radius 2 is 1.84 bits per heavy atom. The van der Waals surface area contributed by atoms with Gasteiger partial charge in [-0.15, -0.1) is 0 Å². The molecule has 0 aliphatic carbocycles. The molecule has 0 bridgehead atoms. The molecule has 1 atom stereocenters. The van der Waals surface area contributed by atoms with Gasteiger partial charge >= 0.3 is 5.97 Å². The van der Waals surface area contributed by atoms with Crippen molar-refractivity contribution in [2.75, 3.05) is 11.9 Å². The molecule has 0 heterocycles. The highest BCUT2D eigenvalue weighted by Gasteiger charge is 2.16. The number of aryl methyl sites for hydroxylation is 1. The summed E-state index contributed by atoms with van der Waals surface area (Å²) in [7, 11) is 0. The van der Waals surface area contributed by atoms with Crippen molar-refractivity contribution in [3.63, 3.8) is 0 Å². The summed E-state index contributed by atoms with van der Waals surface area (Å²) in [5, 5.41) is 3.40. The number of rotatable bonds is 6. The second-order valence-electron chi connectivity index (χ2n) is 5.45. The topological polar surface area (TPSA) is 64.6 Å². The van der Waals surface area contributed by atoms with Gasteiger partial charge in [0.2, 0.25) is 0 Å². The van der Waals surface area contributed by atoms with Gasteiger partial charge < -0.3 is 14.8 Å². The Morgan fingerprint density at radius 1 is 1.16 bits per heavy atom. The molecule has 1 amide bonds. The molecule has 0 radical (unpaired) electrons. The van der Waals surface area contributed by atoms with Crippen molar-refractivity contribution in [1.82, 2.24) is 0 Å². The first kappa shape index (κ1) is 18.8. The maximum Gasteiger partial charge on any atom is 0.347 e. The summed E-state index contributed by atoms with van der Waals surface area (Å²) in [6.45, 7) is 5.52. The van der Waals surface area contributed by atoms with Crippen molar-refractivity contribution in [2.24, 2.45) is 0 Å². The van der Waals surface area contributed by atoms with Gasteiger partial charge in [-0.1, -0.05) is 17.7 Å². The molecule has 6 heteroatoms. The second kappa shape index (κ2) is 8.53. The molecule has 0 saturated heterocycles. The average Bonchev–Trinajstić information content (AvgIpc) is 2.58. The highest BCUT2D eigenvalue weighted by atomic mass is 35.5. The largest absolute Gasteiger partial charge is 0.479 e. The average molecular weight is 362 g/mol. The minimum atomic E-state index is -0.734. The van der Waals surface area contributed by atoms with Gasteiger partial charge in [-0.2, -0.15) is 0 Å². The molecular formula is C19H20ClNO4. The van der Waals surface area contributed by atoms with E-state index in [0.29, 0.717) is 28.6 Å². The van der Waals surface area contributed by atoms with Crippen LogP contribution in [0.3, 0.4) is 0 Å². The Bertz CT molecular complexity index is 759. The zero-order valence-corrected chi connectivity index (χ0v) is 15.1. The summed E-state index contributed by atoms with van der Waals surface area (Å²) >= 11 is 5.83. The third-order valence-corrected chi connectivity index (χ3v) is 3.75. The first-order valence-electron chi connectivity index (χ1n) is 7.91. The van der Waals surface area contributed by atoms with E-state index in [-0.39, 0.29) is 5.91 Å². The van der Waals surface area contributed by atoms with E-state index in [1.54, 1.807) is 50.2 Å². The molecule has 5 nitrogen and oxygen atoms in total. The maximum atomic E-state index is 12.3. The summed E-state index contributed by atoms with van der Waals surface area (Å²) in [5.74, 6) is -0.220. The SMILES string of the molecule is CCOC(=O)C(C)Oc1ccc(C)c(NC(=O)c2ccc(Cl)cc2)c1. The molecule has 1 unspecified atom stereocenters. The minimum absolute atomic E-state index is 0.254. The van der Waals surface area contributed by atoms with Crippen LogP contribution in [-0.2, 0) is 9.53 Å². The molecule has 2 aromatic carbocycles. The normalized spacial score (nSPS) is 11.5. The van der Waals surface area contributed by atoms with Crippen LogP contribution in [0.4, 0.5) is 5.69 Å². The van der Waals surface area contributed by atoms with Gasteiger partial charge in [0.05, 0.1) is 6.61 Å². The quantitative estimate of drug-likeness (QED) is 0.782. The summed E-state index contributed by atoms with van der Waals surface area (Å²) < 4.78 is 10.5. The van der Waals surface area contributed by atoms with Crippen molar-refractivity contribution < 1.29 is 19.1 Å². The van der Waals surface area contributed by atoms with E-state index < -0.39 is 12.1 Å². The van der Waals surface area contributed by atoms with E-state index in [9.17, 15) is 9.59 Å². The number of amides is 1. The predicted molar refractivity (Wildman–Crippen MR) is 97.3 cm³/mol. The van der Waals surface area contributed by atoms with Crippen molar-refractivity contribution in [2.45, 2.75) is 26.9 Å². The number of carbonyl (C=O) groups excluding carboxylic acids is 2. The van der Waals surface area contributed by atoms with E-state index in [1.165, 1.54) is 0 Å². The highest BCUT2D eigenvalue weighted by Crippen LogP contribution is 2.24. The van der Waals surface area contributed by atoms with Crippen molar-refractivity contribution in [1.29, 1.82) is 0 Å². The molecule has 0 spiro atoms. The Hall–Kier alpha value is -2.53. The van der Waals surface area contributed by atoms with Crippen LogP contribution in [0.5, 0.6) is 5.75 Å². The van der Waals surface area contributed by atoms with Crippen LogP contribution in [0.2, 0.25) is 5.02 Å². The standard InChI is InChI=1S/C19H20ClNO4/c1-4-24-19(23)13(3)25-16-10-5-12(2)17(11-16)21-18(22)14-6-8-15(20)9-7-14/h5-11,13H,4H2,1-3H3,(H,21,22). The lowest BCUT2D eigenvalue weighted by molar-refractivity contribution is -0.150. The lowest BCUT2D eigenvalue weighted by atomic mass is 10.1. The van der Waals surface area contributed by atoms with Gasteiger partial charge in [-0.25, -0.2) is 4.79 Å². The summed E-state index contributed by atoms with van der Waals surface area (Å²) in [6, 6.07) is 11.8. The summed E-state index contributed by atoms with van der Waals surface area (Å²) in [6.07, 6.45) is -0.734. The van der Waals surface area contributed by atoms with Gasteiger partial charge in [-0.05, 0) is 56.7 Å². The number of hydrogen-bond donors (Lipinski definition) is 1. The monoisotopic (exact) mass is 361 g/mol.